The van der Waals surface area contributed by atoms with E-state index in [9.17, 15) is 9.59 Å². The maximum atomic E-state index is 12.6. The number of carbonyl (C=O) groups excluding carboxylic acids is 2. The third kappa shape index (κ3) is 4.11. The Morgan fingerprint density at radius 2 is 1.75 bits per heavy atom. The van der Waals surface area contributed by atoms with E-state index < -0.39 is 11.8 Å². The first-order chi connectivity index (χ1) is 13.3. The van der Waals surface area contributed by atoms with Crippen molar-refractivity contribution in [1.29, 1.82) is 0 Å². The van der Waals surface area contributed by atoms with Gasteiger partial charge in [-0.15, -0.1) is 0 Å². The smallest absolute Gasteiger partial charge is 0.265 e. The summed E-state index contributed by atoms with van der Waals surface area (Å²) in [5.41, 5.74) is 1.44. The number of ether oxygens (including phenoxy) is 1. The number of rotatable bonds is 4. The number of carbonyl (C=O) groups is 2. The topological polar surface area (TPSA) is 49.9 Å². The number of benzene rings is 2. The summed E-state index contributed by atoms with van der Waals surface area (Å²) in [6.07, 6.45) is 1.52. The molecule has 1 fully saturated rings. The van der Waals surface area contributed by atoms with Gasteiger partial charge in [0.2, 0.25) is 0 Å². The number of likely N-dealkylation sites (N-methyl/N-ethyl adjacent to an activating group) is 2. The van der Waals surface area contributed by atoms with Gasteiger partial charge in [0, 0.05) is 34.7 Å². The van der Waals surface area contributed by atoms with Gasteiger partial charge in [0.05, 0.1) is 0 Å². The molecule has 3 rings (SSSR count). The average Bonchev–Trinajstić information content (AvgIpc) is 2.68. The van der Waals surface area contributed by atoms with E-state index in [4.69, 9.17) is 28.6 Å². The van der Waals surface area contributed by atoms with E-state index in [0.29, 0.717) is 16.3 Å². The van der Waals surface area contributed by atoms with E-state index in [0.717, 1.165) is 10.0 Å². The molecule has 0 aliphatic carbocycles. The highest BCUT2D eigenvalue weighted by Gasteiger charge is 2.35. The molecule has 0 unspecified atom stereocenters. The van der Waals surface area contributed by atoms with Gasteiger partial charge in [-0.2, -0.15) is 0 Å². The second kappa shape index (κ2) is 8.43. The highest BCUT2D eigenvalue weighted by molar-refractivity contribution is 9.10. The number of hydrogen-bond acceptors (Lipinski definition) is 4. The third-order valence-corrected chi connectivity index (χ3v) is 5.67. The molecule has 0 saturated carbocycles. The normalized spacial score (nSPS) is 14.6. The Balaban J connectivity index is 1.95. The van der Waals surface area contributed by atoms with Gasteiger partial charge in [-0.3, -0.25) is 19.4 Å². The molecule has 144 valence electrons. The summed E-state index contributed by atoms with van der Waals surface area (Å²) < 4.78 is 6.71. The largest absolute Gasteiger partial charge is 0.488 e. The Labute approximate surface area is 181 Å². The van der Waals surface area contributed by atoms with Gasteiger partial charge in [0.25, 0.3) is 11.8 Å². The zero-order valence-electron chi connectivity index (χ0n) is 15.1. The minimum Gasteiger partial charge on any atom is -0.488 e. The molecule has 0 atom stereocenters. The van der Waals surface area contributed by atoms with Gasteiger partial charge in [-0.1, -0.05) is 45.7 Å². The van der Waals surface area contributed by atoms with Gasteiger partial charge >= 0.3 is 0 Å². The summed E-state index contributed by atoms with van der Waals surface area (Å²) in [4.78, 5) is 27.7. The van der Waals surface area contributed by atoms with E-state index >= 15 is 0 Å². The second-order valence-corrected chi connectivity index (χ2v) is 7.82. The van der Waals surface area contributed by atoms with Crippen molar-refractivity contribution in [2.45, 2.75) is 6.61 Å². The van der Waals surface area contributed by atoms with Crippen LogP contribution in [0.25, 0.3) is 6.08 Å². The van der Waals surface area contributed by atoms with Crippen LogP contribution in [0.1, 0.15) is 11.1 Å². The number of amides is 2. The van der Waals surface area contributed by atoms with Crippen LogP contribution >= 0.6 is 39.7 Å². The van der Waals surface area contributed by atoms with Gasteiger partial charge in [0.15, 0.2) is 5.11 Å². The minimum absolute atomic E-state index is 0.0132. The summed E-state index contributed by atoms with van der Waals surface area (Å²) in [6.45, 7) is 0.253. The van der Waals surface area contributed by atoms with Gasteiger partial charge in [0.1, 0.15) is 17.9 Å². The fraction of sp³-hybridized carbons (Fsp3) is 0.150. The van der Waals surface area contributed by atoms with Crippen LogP contribution in [0.15, 0.2) is 52.5 Å². The molecule has 0 bridgehead atoms. The Hall–Kier alpha value is -2.22. The molecular formula is C20H16BrClN2O3S. The van der Waals surface area contributed by atoms with Crippen molar-refractivity contribution in [3.63, 3.8) is 0 Å². The first-order valence-electron chi connectivity index (χ1n) is 8.27. The predicted molar refractivity (Wildman–Crippen MR) is 116 cm³/mol. The second-order valence-electron chi connectivity index (χ2n) is 6.13. The van der Waals surface area contributed by atoms with E-state index in [2.05, 4.69) is 15.9 Å². The summed E-state index contributed by atoms with van der Waals surface area (Å²) in [7, 11) is 3.08. The van der Waals surface area contributed by atoms with E-state index in [1.807, 2.05) is 24.3 Å². The van der Waals surface area contributed by atoms with Crippen LogP contribution in [-0.2, 0) is 16.2 Å². The highest BCUT2D eigenvalue weighted by Crippen LogP contribution is 2.29. The Kier molecular flexibility index (Phi) is 6.17. The number of nitrogens with zero attached hydrogens (tertiary/aromatic N) is 2. The van der Waals surface area contributed by atoms with E-state index in [1.165, 1.54) is 30.0 Å². The molecule has 0 aromatic heterocycles. The molecule has 1 heterocycles. The highest BCUT2D eigenvalue weighted by atomic mass is 79.9. The molecule has 0 N–H and O–H groups in total. The molecule has 0 radical (unpaired) electrons. The van der Waals surface area contributed by atoms with Crippen molar-refractivity contribution in [3.05, 3.63) is 68.7 Å². The lowest BCUT2D eigenvalue weighted by Gasteiger charge is -2.31. The number of thiocarbonyl (C=S) groups is 1. The van der Waals surface area contributed by atoms with Crippen molar-refractivity contribution >= 4 is 62.8 Å². The van der Waals surface area contributed by atoms with Gasteiger partial charge in [-0.25, -0.2) is 0 Å². The van der Waals surface area contributed by atoms with Crippen molar-refractivity contribution in [1.82, 2.24) is 9.80 Å². The Morgan fingerprint density at radius 1 is 1.11 bits per heavy atom. The number of halogens is 2. The standard InChI is InChI=1S/C20H16BrClN2O3S/c1-23-18(25)15(19(26)24(2)20(23)28)10-13-9-14(21)7-8-17(13)27-11-12-5-3-4-6-16(12)22/h3-10H,11H2,1-2H3. The quantitative estimate of drug-likeness (QED) is 0.373. The lowest BCUT2D eigenvalue weighted by molar-refractivity contribution is -0.132. The molecule has 1 saturated heterocycles. The molecule has 0 spiro atoms. The zero-order chi connectivity index (χ0) is 20.4. The predicted octanol–water partition coefficient (Wildman–Crippen LogP) is 4.28. The third-order valence-electron chi connectivity index (χ3n) is 4.26. The molecule has 1 aliphatic rings. The van der Waals surface area contributed by atoms with Crippen LogP contribution in [0.5, 0.6) is 5.75 Å². The van der Waals surface area contributed by atoms with Crippen LogP contribution < -0.4 is 4.74 Å². The summed E-state index contributed by atoms with van der Waals surface area (Å²) in [6, 6.07) is 12.8. The maximum absolute atomic E-state index is 12.6. The molecule has 2 aromatic rings. The monoisotopic (exact) mass is 478 g/mol. The molecule has 8 heteroatoms. The lowest BCUT2D eigenvalue weighted by Crippen LogP contribution is -2.52. The molecular weight excluding hydrogens is 464 g/mol. The van der Waals surface area contributed by atoms with Gasteiger partial charge < -0.3 is 4.74 Å². The Morgan fingerprint density at radius 3 is 2.39 bits per heavy atom. The van der Waals surface area contributed by atoms with Crippen LogP contribution in [0.2, 0.25) is 5.02 Å². The van der Waals surface area contributed by atoms with Crippen molar-refractivity contribution in [2.24, 2.45) is 0 Å². The fourth-order valence-electron chi connectivity index (χ4n) is 2.67. The molecule has 5 nitrogen and oxygen atoms in total. The first-order valence-corrected chi connectivity index (χ1v) is 9.85. The molecule has 2 amide bonds. The number of hydrogen-bond donors (Lipinski definition) is 0. The van der Waals surface area contributed by atoms with Crippen molar-refractivity contribution in [2.75, 3.05) is 14.1 Å². The van der Waals surface area contributed by atoms with E-state index in [1.54, 1.807) is 18.2 Å². The van der Waals surface area contributed by atoms with Crippen LogP contribution in [0.4, 0.5) is 0 Å². The first kappa shape index (κ1) is 20.5. The summed E-state index contributed by atoms with van der Waals surface area (Å²) in [5, 5.41) is 0.769. The Bertz CT molecular complexity index is 983. The SMILES string of the molecule is CN1C(=O)C(=Cc2cc(Br)ccc2OCc2ccccc2Cl)C(=O)N(C)C1=S. The summed E-state index contributed by atoms with van der Waals surface area (Å²) in [5.74, 6) is -0.384. The van der Waals surface area contributed by atoms with Crippen molar-refractivity contribution < 1.29 is 14.3 Å². The van der Waals surface area contributed by atoms with Gasteiger partial charge in [-0.05, 0) is 42.6 Å². The lowest BCUT2D eigenvalue weighted by atomic mass is 10.1. The molecule has 28 heavy (non-hydrogen) atoms. The van der Waals surface area contributed by atoms with Crippen LogP contribution in [0.3, 0.4) is 0 Å². The summed E-state index contributed by atoms with van der Waals surface area (Å²) >= 11 is 14.7. The fourth-order valence-corrected chi connectivity index (χ4v) is 3.40. The van der Waals surface area contributed by atoms with Crippen LogP contribution in [-0.4, -0.2) is 40.8 Å². The minimum atomic E-state index is -0.454. The molecule has 2 aromatic carbocycles. The van der Waals surface area contributed by atoms with Crippen LogP contribution in [0, 0.1) is 0 Å². The molecule has 1 aliphatic heterocycles. The maximum Gasteiger partial charge on any atom is 0.265 e. The average molecular weight is 480 g/mol. The van der Waals surface area contributed by atoms with Crippen molar-refractivity contribution in [3.8, 4) is 5.75 Å². The zero-order valence-corrected chi connectivity index (χ0v) is 18.3. The van der Waals surface area contributed by atoms with E-state index in [-0.39, 0.29) is 17.3 Å².